The molecule has 40 heavy (non-hydrogen) atoms. The second-order valence-corrected chi connectivity index (χ2v) is 7.48. The Labute approximate surface area is 235 Å². The SMILES string of the molecule is O=C([O-])C(O)C(O)C(O)C(O)CO.O=C([O-])C(O)C(O)C(O)C(O)CO.O=C([O-])C(O)C(O)C(O)C(O)CO.[Cr+3]. The second-order valence-electron chi connectivity index (χ2n) is 7.48. The van der Waals surface area contributed by atoms with Crippen LogP contribution in [0.5, 0.6) is 0 Å². The molecule has 12 atom stereocenters. The standard InChI is InChI=1S/3C6H12O7.Cr/c3*7-1-2(8)3(9)4(10)5(11)6(12)13;/h3*2-5,7-11H,1H2,(H,12,13);/q;;;+3/p-3. The molecule has 237 valence electrons. The molecule has 0 saturated heterocycles. The van der Waals surface area contributed by atoms with E-state index < -0.39 is 111 Å². The van der Waals surface area contributed by atoms with Gasteiger partial charge in [-0.25, -0.2) is 0 Å². The van der Waals surface area contributed by atoms with Crippen molar-refractivity contribution >= 4 is 17.9 Å². The van der Waals surface area contributed by atoms with E-state index in [1.165, 1.54) is 0 Å². The van der Waals surface area contributed by atoms with Gasteiger partial charge in [0.1, 0.15) is 73.2 Å². The van der Waals surface area contributed by atoms with Crippen molar-refractivity contribution in [1.29, 1.82) is 0 Å². The van der Waals surface area contributed by atoms with Crippen molar-refractivity contribution in [2.45, 2.75) is 73.2 Å². The number of hydrogen-bond donors (Lipinski definition) is 15. The third-order valence-electron chi connectivity index (χ3n) is 4.49. The minimum Gasteiger partial charge on any atom is -0.547 e. The van der Waals surface area contributed by atoms with Gasteiger partial charge in [-0.3, -0.25) is 0 Å². The third kappa shape index (κ3) is 16.6. The summed E-state index contributed by atoms with van der Waals surface area (Å²) in [5, 5.41) is 160. The maximum absolute atomic E-state index is 9.98. The van der Waals surface area contributed by atoms with E-state index in [0.29, 0.717) is 0 Å². The summed E-state index contributed by atoms with van der Waals surface area (Å²) in [7, 11) is 0. The van der Waals surface area contributed by atoms with Crippen LogP contribution in [0.25, 0.3) is 0 Å². The normalized spacial score (nSPS) is 19.9. The van der Waals surface area contributed by atoms with Crippen LogP contribution in [-0.2, 0) is 31.7 Å². The molecule has 0 rings (SSSR count). The van der Waals surface area contributed by atoms with Gasteiger partial charge in [-0.05, 0) is 0 Å². The van der Waals surface area contributed by atoms with Crippen molar-refractivity contribution in [2.75, 3.05) is 19.8 Å². The maximum Gasteiger partial charge on any atom is 3.00 e. The van der Waals surface area contributed by atoms with Crippen molar-refractivity contribution in [2.24, 2.45) is 0 Å². The molecular formula is C18H33CrO21. The van der Waals surface area contributed by atoms with E-state index in [4.69, 9.17) is 76.6 Å². The fourth-order valence-electron chi connectivity index (χ4n) is 1.99. The Balaban J connectivity index is -0.000000240. The molecule has 0 saturated carbocycles. The molecule has 0 aliphatic carbocycles. The van der Waals surface area contributed by atoms with Gasteiger partial charge in [0.2, 0.25) is 0 Å². The van der Waals surface area contributed by atoms with E-state index in [0.717, 1.165) is 0 Å². The summed E-state index contributed by atoms with van der Waals surface area (Å²) in [6, 6.07) is 0. The zero-order chi connectivity index (χ0) is 31.8. The van der Waals surface area contributed by atoms with E-state index in [2.05, 4.69) is 0 Å². The van der Waals surface area contributed by atoms with E-state index in [1.807, 2.05) is 0 Å². The molecule has 22 heteroatoms. The molecule has 0 aliphatic rings. The number of carbonyl (C=O) groups excluding carboxylic acids is 3. The van der Waals surface area contributed by atoms with E-state index in [-0.39, 0.29) is 17.4 Å². The number of aliphatic hydroxyl groups excluding tert-OH is 15. The molecular weight excluding hydrogens is 604 g/mol. The monoisotopic (exact) mass is 637 g/mol. The zero-order valence-electron chi connectivity index (χ0n) is 20.1. The Bertz CT molecular complexity index is 608. The first kappa shape index (κ1) is 45.3. The quantitative estimate of drug-likeness (QED) is 0.0792. The summed E-state index contributed by atoms with van der Waals surface area (Å²) in [6.45, 7) is -2.59. The van der Waals surface area contributed by atoms with Crippen LogP contribution in [0.1, 0.15) is 0 Å². The number of carboxylic acid groups (broad SMARTS) is 3. The average Bonchev–Trinajstić information content (AvgIpc) is 2.92. The minimum absolute atomic E-state index is 0. The topological polar surface area (TPSA) is 424 Å². The Morgan fingerprint density at radius 3 is 0.650 bits per heavy atom. The summed E-state index contributed by atoms with van der Waals surface area (Å²) in [4.78, 5) is 29.9. The van der Waals surface area contributed by atoms with Crippen LogP contribution in [0, 0.1) is 0 Å². The molecule has 0 spiro atoms. The van der Waals surface area contributed by atoms with Gasteiger partial charge in [-0.2, -0.15) is 0 Å². The first-order chi connectivity index (χ1) is 17.7. The van der Waals surface area contributed by atoms with Crippen molar-refractivity contribution in [3.8, 4) is 0 Å². The number of carboxylic acids is 3. The van der Waals surface area contributed by atoms with Crippen molar-refractivity contribution in [3.63, 3.8) is 0 Å². The van der Waals surface area contributed by atoms with Crippen LogP contribution >= 0.6 is 0 Å². The molecule has 0 fully saturated rings. The molecule has 0 aromatic rings. The van der Waals surface area contributed by atoms with Crippen LogP contribution < -0.4 is 15.3 Å². The molecule has 1 radical (unpaired) electrons. The van der Waals surface area contributed by atoms with Gasteiger partial charge in [0.25, 0.3) is 0 Å². The van der Waals surface area contributed by atoms with Gasteiger partial charge in [-0.1, -0.05) is 0 Å². The van der Waals surface area contributed by atoms with Gasteiger partial charge in [-0.15, -0.1) is 0 Å². The smallest absolute Gasteiger partial charge is 0.547 e. The first-order valence-electron chi connectivity index (χ1n) is 10.4. The molecule has 0 aromatic carbocycles. The molecule has 0 aliphatic heterocycles. The van der Waals surface area contributed by atoms with Gasteiger partial charge >= 0.3 is 17.4 Å². The molecule has 0 amide bonds. The number of aliphatic carboxylic acids is 3. The number of rotatable bonds is 15. The average molecular weight is 637 g/mol. The predicted octanol–water partition coefficient (Wildman–Crippen LogP) is -14.5. The largest absolute Gasteiger partial charge is 3.00 e. The Morgan fingerprint density at radius 1 is 0.400 bits per heavy atom. The molecule has 0 bridgehead atoms. The van der Waals surface area contributed by atoms with Crippen LogP contribution in [0.2, 0.25) is 0 Å². The third-order valence-corrected chi connectivity index (χ3v) is 4.49. The van der Waals surface area contributed by atoms with Gasteiger partial charge in [0.05, 0.1) is 37.7 Å². The van der Waals surface area contributed by atoms with Crippen LogP contribution in [0.3, 0.4) is 0 Å². The number of aliphatic hydroxyl groups is 15. The first-order valence-corrected chi connectivity index (χ1v) is 10.4. The number of hydrogen-bond acceptors (Lipinski definition) is 21. The minimum atomic E-state index is -2.31. The van der Waals surface area contributed by atoms with Gasteiger partial charge < -0.3 is 106 Å². The van der Waals surface area contributed by atoms with Crippen LogP contribution in [0.15, 0.2) is 0 Å². The second kappa shape index (κ2) is 23.0. The van der Waals surface area contributed by atoms with E-state index in [9.17, 15) is 29.7 Å². The van der Waals surface area contributed by atoms with Crippen molar-refractivity contribution in [3.05, 3.63) is 0 Å². The molecule has 12 unspecified atom stereocenters. The van der Waals surface area contributed by atoms with Gasteiger partial charge in [0, 0.05) is 0 Å². The molecule has 0 aromatic heterocycles. The summed E-state index contributed by atoms with van der Waals surface area (Å²) in [5.74, 6) is -5.93. The Morgan fingerprint density at radius 2 is 0.550 bits per heavy atom. The fraction of sp³-hybridized carbons (Fsp3) is 0.833. The molecule has 15 N–H and O–H groups in total. The fourth-order valence-corrected chi connectivity index (χ4v) is 1.99. The summed E-state index contributed by atoms with van der Waals surface area (Å²) < 4.78 is 0. The molecule has 21 nitrogen and oxygen atoms in total. The zero-order valence-corrected chi connectivity index (χ0v) is 21.4. The van der Waals surface area contributed by atoms with Crippen LogP contribution in [-0.4, -0.2) is 188 Å². The Hall–Kier alpha value is -1.66. The van der Waals surface area contributed by atoms with Crippen LogP contribution in [0.4, 0.5) is 0 Å². The summed E-state index contributed by atoms with van der Waals surface area (Å²) >= 11 is 0. The summed E-state index contributed by atoms with van der Waals surface area (Å²) in [6.07, 6.45) is -24.2. The van der Waals surface area contributed by atoms with E-state index >= 15 is 0 Å². The van der Waals surface area contributed by atoms with Crippen molar-refractivity contribution in [1.82, 2.24) is 0 Å². The summed E-state index contributed by atoms with van der Waals surface area (Å²) in [5.41, 5.74) is 0. The van der Waals surface area contributed by atoms with Gasteiger partial charge in [0.15, 0.2) is 0 Å². The molecule has 0 heterocycles. The maximum atomic E-state index is 9.98. The van der Waals surface area contributed by atoms with E-state index in [1.54, 1.807) is 0 Å². The predicted molar refractivity (Wildman–Crippen MR) is 108 cm³/mol. The number of carbonyl (C=O) groups is 3. The Kier molecular flexibility index (Phi) is 26.0. The van der Waals surface area contributed by atoms with Crippen molar-refractivity contribution < 1.29 is 124 Å².